The highest BCUT2D eigenvalue weighted by molar-refractivity contribution is 7.63. The van der Waals surface area contributed by atoms with Crippen LogP contribution < -0.4 is 79.9 Å². The largest absolute Gasteiger partial charge is 0.684 e. The highest BCUT2D eigenvalue weighted by Crippen LogP contribution is 2.74. The minimum Gasteiger partial charge on any atom is -0.684 e. The molecule has 0 atom stereocenters. The summed E-state index contributed by atoms with van der Waals surface area (Å²) in [6, 6.07) is 23.0. The summed E-state index contributed by atoms with van der Waals surface area (Å²) in [5.41, 5.74) is -0.0109. The maximum atomic E-state index is 11.9. The Labute approximate surface area is 290 Å². The molecule has 8 rings (SSSR count). The Morgan fingerprint density at radius 1 is 0.260 bits per heavy atom. The van der Waals surface area contributed by atoms with Crippen molar-refractivity contribution in [2.24, 2.45) is 0 Å². The molecule has 0 amide bonds. The van der Waals surface area contributed by atoms with Crippen molar-refractivity contribution in [1.29, 1.82) is 0 Å². The van der Waals surface area contributed by atoms with Crippen LogP contribution in [-0.4, -0.2) is 0 Å². The van der Waals surface area contributed by atoms with Crippen molar-refractivity contribution in [2.75, 3.05) is 0 Å². The molecule has 4 aromatic rings. The van der Waals surface area contributed by atoms with Gasteiger partial charge in [-0.1, -0.05) is 48.5 Å². The SMILES string of the molecule is [O-][P+]([O-])([O-])c1ccc(C23CC4(c5ccc([P+]([O-])([O-])[O-])cc5)CC(c5ccc([P+]([O-])([O-])[O-])cc5)(C2)CC(c2ccc([P+]([O-])([O-])[O-])cc2)(C3)C4)cc1. The van der Waals surface area contributed by atoms with Crippen molar-refractivity contribution in [1.82, 2.24) is 0 Å². The Kier molecular flexibility index (Phi) is 8.62. The van der Waals surface area contributed by atoms with E-state index in [-0.39, 0.29) is 21.2 Å². The Balaban J connectivity index is 1.47. The molecule has 0 heterocycles. The van der Waals surface area contributed by atoms with Gasteiger partial charge in [0.05, 0.1) is 21.2 Å². The van der Waals surface area contributed by atoms with E-state index in [1.165, 1.54) is 48.5 Å². The zero-order valence-electron chi connectivity index (χ0n) is 26.2. The summed E-state index contributed by atoms with van der Waals surface area (Å²) in [6.07, 6.45) is 2.94. The van der Waals surface area contributed by atoms with Gasteiger partial charge >= 0.3 is 0 Å². The summed E-state index contributed by atoms with van der Waals surface area (Å²) in [7, 11) is -20.3. The van der Waals surface area contributed by atoms with E-state index in [0.29, 0.717) is 38.5 Å². The molecule has 0 saturated heterocycles. The zero-order valence-corrected chi connectivity index (χ0v) is 29.7. The summed E-state index contributed by atoms with van der Waals surface area (Å²) in [4.78, 5) is 142. The smallest absolute Gasteiger partial charge is 0.0764 e. The first-order chi connectivity index (χ1) is 23.1. The molecule has 4 bridgehead atoms. The van der Waals surface area contributed by atoms with Gasteiger partial charge in [0.15, 0.2) is 0 Å². The van der Waals surface area contributed by atoms with Crippen LogP contribution in [0, 0.1) is 0 Å². The fraction of sp³-hybridized carbons (Fsp3) is 0.294. The molecule has 0 N–H and O–H groups in total. The van der Waals surface area contributed by atoms with Gasteiger partial charge < -0.3 is 58.7 Å². The molecule has 16 heteroatoms. The van der Waals surface area contributed by atoms with E-state index in [1.807, 2.05) is 0 Å². The van der Waals surface area contributed by atoms with Crippen molar-refractivity contribution in [3.63, 3.8) is 0 Å². The summed E-state index contributed by atoms with van der Waals surface area (Å²) < 4.78 is 0. The van der Waals surface area contributed by atoms with E-state index in [9.17, 15) is 58.7 Å². The Bertz CT molecular complexity index is 1580. The monoisotopic (exact) mass is 752 g/mol. The van der Waals surface area contributed by atoms with E-state index in [1.54, 1.807) is 48.5 Å². The molecule has 0 radical (unpaired) electrons. The van der Waals surface area contributed by atoms with Gasteiger partial charge in [-0.25, -0.2) is 0 Å². The number of hydrogen-bond acceptors (Lipinski definition) is 12. The lowest BCUT2D eigenvalue weighted by molar-refractivity contribution is -0.423. The molecule has 4 aliphatic rings. The first kappa shape index (κ1) is 36.5. The fourth-order valence-corrected chi connectivity index (χ4v) is 11.9. The Hall–Kier alpha value is -1.88. The molecular weight excluding hydrogens is 724 g/mol. The molecule has 0 aliphatic heterocycles. The molecule has 0 unspecified atom stereocenters. The van der Waals surface area contributed by atoms with Crippen molar-refractivity contribution in [2.45, 2.75) is 60.2 Å². The molecule has 4 saturated carbocycles. The van der Waals surface area contributed by atoms with Crippen LogP contribution in [0.25, 0.3) is 0 Å². The first-order valence-corrected chi connectivity index (χ1v) is 21.8. The standard InChI is InChI=1S/C34H36O12P4/c35-47(36,37)27-9-1-23(2-10-27)31-17-32(24-3-11-28(12-4-24)48(38,39)40)20-33(18-31,25-5-13-29(14-6-25)49(41,42)43)22-34(19-31,21-32)26-7-15-30(16-8-26)50(44,45)46/h1-16H,17-22H2,(H2,35,36,37)(H2,38,39,40)(H2,41,42,43)(H2,44,45,46)/p-8. The maximum absolute atomic E-state index is 11.9. The van der Waals surface area contributed by atoms with Crippen LogP contribution in [0.15, 0.2) is 97.1 Å². The summed E-state index contributed by atoms with van der Waals surface area (Å²) >= 11 is 0. The molecule has 4 aromatic carbocycles. The van der Waals surface area contributed by atoms with Gasteiger partial charge in [-0.05, 0) is 131 Å². The van der Waals surface area contributed by atoms with Gasteiger partial charge in [-0.2, -0.15) is 0 Å². The summed E-state index contributed by atoms with van der Waals surface area (Å²) in [5.74, 6) is 0. The highest BCUT2D eigenvalue weighted by Gasteiger charge is 2.69. The third-order valence-electron chi connectivity index (χ3n) is 11.2. The summed E-state index contributed by atoms with van der Waals surface area (Å²) in [6.45, 7) is 0. The number of rotatable bonds is 8. The fourth-order valence-electron chi connectivity index (χ4n) is 9.85. The van der Waals surface area contributed by atoms with E-state index >= 15 is 0 Å². The van der Waals surface area contributed by atoms with Gasteiger partial charge in [0.2, 0.25) is 0 Å². The van der Waals surface area contributed by atoms with Crippen LogP contribution in [0.5, 0.6) is 0 Å². The van der Waals surface area contributed by atoms with E-state index in [4.69, 9.17) is 0 Å². The molecule has 0 spiro atoms. The van der Waals surface area contributed by atoms with E-state index in [0.717, 1.165) is 22.3 Å². The van der Waals surface area contributed by atoms with Crippen molar-refractivity contribution in [3.8, 4) is 0 Å². The third kappa shape index (κ3) is 6.30. The first-order valence-electron chi connectivity index (χ1n) is 15.6. The van der Waals surface area contributed by atoms with Gasteiger partial charge in [-0.15, -0.1) is 31.8 Å². The van der Waals surface area contributed by atoms with Crippen molar-refractivity contribution >= 4 is 53.0 Å². The number of hydrogen-bond donors (Lipinski definition) is 0. The molecular formula is C34H28O12P4-8. The van der Waals surface area contributed by atoms with Crippen LogP contribution in [0.4, 0.5) is 0 Å². The van der Waals surface area contributed by atoms with Crippen LogP contribution in [0.3, 0.4) is 0 Å². The molecule has 4 fully saturated rings. The van der Waals surface area contributed by atoms with Crippen LogP contribution in [0.1, 0.15) is 60.8 Å². The van der Waals surface area contributed by atoms with Gasteiger partial charge in [-0.3, -0.25) is 0 Å². The minimum atomic E-state index is -5.07. The lowest BCUT2D eigenvalue weighted by Gasteiger charge is -2.71. The van der Waals surface area contributed by atoms with Crippen molar-refractivity contribution in [3.05, 3.63) is 119 Å². The Morgan fingerprint density at radius 3 is 0.520 bits per heavy atom. The van der Waals surface area contributed by atoms with Crippen molar-refractivity contribution < 1.29 is 58.7 Å². The molecule has 12 nitrogen and oxygen atoms in total. The van der Waals surface area contributed by atoms with Crippen LogP contribution >= 0.6 is 31.8 Å². The third-order valence-corrected chi connectivity index (χ3v) is 15.0. The second kappa shape index (κ2) is 11.8. The molecule has 50 heavy (non-hydrogen) atoms. The second-order valence-corrected chi connectivity index (χ2v) is 20.4. The molecule has 264 valence electrons. The maximum Gasteiger partial charge on any atom is 0.0764 e. The lowest BCUT2D eigenvalue weighted by Crippen LogP contribution is -2.67. The normalized spacial score (nSPS) is 28.2. The number of benzene rings is 4. The van der Waals surface area contributed by atoms with Gasteiger partial charge in [0, 0.05) is 0 Å². The zero-order chi connectivity index (χ0) is 36.2. The molecule has 0 aromatic heterocycles. The second-order valence-electron chi connectivity index (χ2n) is 14.4. The van der Waals surface area contributed by atoms with E-state index < -0.39 is 53.4 Å². The average molecular weight is 752 g/mol. The summed E-state index contributed by atoms with van der Waals surface area (Å²) in [5, 5.41) is -1.53. The van der Waals surface area contributed by atoms with Gasteiger partial charge in [0.1, 0.15) is 0 Å². The van der Waals surface area contributed by atoms with Crippen LogP contribution in [-0.2, 0) is 21.7 Å². The van der Waals surface area contributed by atoms with Gasteiger partial charge in [0.25, 0.3) is 0 Å². The minimum absolute atomic E-state index is 0.383. The average Bonchev–Trinajstić information content (AvgIpc) is 3.03. The highest BCUT2D eigenvalue weighted by atomic mass is 31.2. The van der Waals surface area contributed by atoms with Crippen LogP contribution in [0.2, 0.25) is 0 Å². The predicted octanol–water partition coefficient (Wildman–Crippen LogP) is -6.01. The quantitative estimate of drug-likeness (QED) is 0.152. The van der Waals surface area contributed by atoms with E-state index in [2.05, 4.69) is 0 Å². The topological polar surface area (TPSA) is 277 Å². The molecule has 4 aliphatic carbocycles. The lowest BCUT2D eigenvalue weighted by atomic mass is 9.32. The Morgan fingerprint density at radius 2 is 0.400 bits per heavy atom. The predicted molar refractivity (Wildman–Crippen MR) is 166 cm³/mol.